The van der Waals surface area contributed by atoms with Crippen LogP contribution in [0.3, 0.4) is 0 Å². The number of nitro benzene ring substituents is 1. The molecular weight excluding hydrogens is 272 g/mol. The van der Waals surface area contributed by atoms with Gasteiger partial charge in [0.2, 0.25) is 5.95 Å². The number of aromatic nitrogens is 2. The van der Waals surface area contributed by atoms with E-state index in [4.69, 9.17) is 10.5 Å². The third-order valence-corrected chi connectivity index (χ3v) is 3.24. The van der Waals surface area contributed by atoms with E-state index in [1.807, 2.05) is 13.8 Å². The maximum atomic E-state index is 10.7. The Hall–Kier alpha value is -2.54. The van der Waals surface area contributed by atoms with Crippen molar-refractivity contribution >= 4 is 11.6 Å². The van der Waals surface area contributed by atoms with Gasteiger partial charge in [0.05, 0.1) is 16.3 Å². The summed E-state index contributed by atoms with van der Waals surface area (Å²) in [5, 5.41) is 10.7. The number of nitrogens with two attached hydrogens (primary N) is 1. The van der Waals surface area contributed by atoms with E-state index in [9.17, 15) is 10.1 Å². The van der Waals surface area contributed by atoms with Crippen LogP contribution in [0.1, 0.15) is 19.5 Å². The first kappa shape index (κ1) is 14.9. The average Bonchev–Trinajstić information content (AvgIpc) is 2.46. The number of benzene rings is 1. The van der Waals surface area contributed by atoms with Crippen molar-refractivity contribution in [3.05, 3.63) is 46.1 Å². The fraction of sp³-hybridized carbons (Fsp3) is 0.286. The lowest BCUT2D eigenvalue weighted by molar-refractivity contribution is -0.384. The number of methoxy groups -OCH3 is 1. The lowest BCUT2D eigenvalue weighted by Crippen LogP contribution is -2.22. The summed E-state index contributed by atoms with van der Waals surface area (Å²) in [5.74, 6) is 0.131. The first-order valence-electron chi connectivity index (χ1n) is 6.28. The van der Waals surface area contributed by atoms with E-state index in [2.05, 4.69) is 9.97 Å². The van der Waals surface area contributed by atoms with Crippen molar-refractivity contribution in [3.63, 3.8) is 0 Å². The number of ether oxygens (including phenoxy) is 1. The van der Waals surface area contributed by atoms with E-state index < -0.39 is 10.5 Å². The van der Waals surface area contributed by atoms with Crippen LogP contribution in [0, 0.1) is 10.1 Å². The number of nitrogen functional groups attached to an aromatic ring is 1. The molecule has 1 heterocycles. The largest absolute Gasteiger partial charge is 0.373 e. The third-order valence-electron chi connectivity index (χ3n) is 3.24. The van der Waals surface area contributed by atoms with Crippen LogP contribution in [0.15, 0.2) is 30.3 Å². The first-order valence-corrected chi connectivity index (χ1v) is 6.28. The van der Waals surface area contributed by atoms with Gasteiger partial charge in [0.25, 0.3) is 5.69 Å². The molecule has 0 aliphatic rings. The molecule has 7 heteroatoms. The molecule has 7 nitrogen and oxygen atoms in total. The molecule has 110 valence electrons. The zero-order valence-electron chi connectivity index (χ0n) is 12.0. The minimum absolute atomic E-state index is 0.0261. The Morgan fingerprint density at radius 1 is 1.24 bits per heavy atom. The molecular formula is C14H16N4O3. The van der Waals surface area contributed by atoms with E-state index in [1.165, 1.54) is 12.1 Å². The van der Waals surface area contributed by atoms with E-state index >= 15 is 0 Å². The van der Waals surface area contributed by atoms with Gasteiger partial charge in [0, 0.05) is 24.8 Å². The molecule has 0 atom stereocenters. The average molecular weight is 288 g/mol. The normalized spacial score (nSPS) is 11.4. The Balaban J connectivity index is 2.47. The molecule has 0 spiro atoms. The summed E-state index contributed by atoms with van der Waals surface area (Å²) < 4.78 is 5.39. The van der Waals surface area contributed by atoms with E-state index in [-0.39, 0.29) is 11.6 Å². The molecule has 2 N–H and O–H groups in total. The van der Waals surface area contributed by atoms with E-state index in [0.717, 1.165) is 5.56 Å². The van der Waals surface area contributed by atoms with Gasteiger partial charge in [-0.15, -0.1) is 0 Å². The number of nitrogens with zero attached hydrogens (tertiary/aromatic N) is 3. The molecule has 0 unspecified atom stereocenters. The van der Waals surface area contributed by atoms with Gasteiger partial charge < -0.3 is 10.5 Å². The van der Waals surface area contributed by atoms with Crippen molar-refractivity contribution in [2.75, 3.05) is 12.8 Å². The number of nitro groups is 1. The third kappa shape index (κ3) is 3.14. The summed E-state index contributed by atoms with van der Waals surface area (Å²) in [6.45, 7) is 3.74. The highest BCUT2D eigenvalue weighted by atomic mass is 16.6. The van der Waals surface area contributed by atoms with Crippen LogP contribution >= 0.6 is 0 Å². The van der Waals surface area contributed by atoms with Crippen LogP contribution in [0.4, 0.5) is 11.6 Å². The van der Waals surface area contributed by atoms with Crippen molar-refractivity contribution in [3.8, 4) is 11.3 Å². The van der Waals surface area contributed by atoms with Gasteiger partial charge in [-0.3, -0.25) is 10.1 Å². The zero-order valence-corrected chi connectivity index (χ0v) is 12.0. The van der Waals surface area contributed by atoms with Gasteiger partial charge in [-0.2, -0.15) is 0 Å². The maximum absolute atomic E-state index is 10.7. The van der Waals surface area contributed by atoms with Gasteiger partial charge in [0.1, 0.15) is 5.60 Å². The fourth-order valence-electron chi connectivity index (χ4n) is 1.78. The summed E-state index contributed by atoms with van der Waals surface area (Å²) in [7, 11) is 1.59. The topological polar surface area (TPSA) is 104 Å². The van der Waals surface area contributed by atoms with Crippen LogP contribution in [0.2, 0.25) is 0 Å². The fourth-order valence-corrected chi connectivity index (χ4v) is 1.78. The van der Waals surface area contributed by atoms with Gasteiger partial charge in [-0.05, 0) is 32.0 Å². The molecule has 21 heavy (non-hydrogen) atoms. The Morgan fingerprint density at radius 2 is 1.86 bits per heavy atom. The smallest absolute Gasteiger partial charge is 0.269 e. The highest BCUT2D eigenvalue weighted by Gasteiger charge is 2.23. The van der Waals surface area contributed by atoms with Crippen LogP contribution in [-0.4, -0.2) is 22.0 Å². The number of non-ortho nitro benzene ring substituents is 1. The quantitative estimate of drug-likeness (QED) is 0.684. The summed E-state index contributed by atoms with van der Waals surface area (Å²) in [4.78, 5) is 18.6. The Kier molecular flexibility index (Phi) is 3.86. The molecule has 0 amide bonds. The summed E-state index contributed by atoms with van der Waals surface area (Å²) in [6.07, 6.45) is 0. The summed E-state index contributed by atoms with van der Waals surface area (Å²) in [5.41, 5.74) is 7.13. The molecule has 1 aromatic heterocycles. The Bertz CT molecular complexity index is 668. The van der Waals surface area contributed by atoms with Gasteiger partial charge in [-0.25, -0.2) is 9.97 Å². The standard InChI is InChI=1S/C14H16N4O3/c1-14(2,21-3)12-8-11(16-13(15)17-12)9-4-6-10(7-5-9)18(19)20/h4-8H,1-3H3,(H2,15,16,17). The predicted molar refractivity (Wildman–Crippen MR) is 78.6 cm³/mol. The second-order valence-electron chi connectivity index (χ2n) is 5.02. The van der Waals surface area contributed by atoms with Crippen molar-refractivity contribution in [1.29, 1.82) is 0 Å². The number of hydrogen-bond donors (Lipinski definition) is 1. The molecule has 2 aromatic rings. The molecule has 0 radical (unpaired) electrons. The molecule has 0 saturated carbocycles. The van der Waals surface area contributed by atoms with E-state index in [0.29, 0.717) is 11.4 Å². The molecule has 1 aromatic carbocycles. The zero-order chi connectivity index (χ0) is 15.6. The SMILES string of the molecule is COC(C)(C)c1cc(-c2ccc([N+](=O)[O-])cc2)nc(N)n1. The predicted octanol–water partition coefficient (Wildman–Crippen LogP) is 2.52. The van der Waals surface area contributed by atoms with Crippen LogP contribution < -0.4 is 5.73 Å². The maximum Gasteiger partial charge on any atom is 0.269 e. The number of anilines is 1. The van der Waals surface area contributed by atoms with Crippen LogP contribution in [0.5, 0.6) is 0 Å². The summed E-state index contributed by atoms with van der Waals surface area (Å²) >= 11 is 0. The van der Waals surface area contributed by atoms with Crippen molar-refractivity contribution < 1.29 is 9.66 Å². The summed E-state index contributed by atoms with van der Waals surface area (Å²) in [6, 6.07) is 7.87. The lowest BCUT2D eigenvalue weighted by atomic mass is 10.0. The highest BCUT2D eigenvalue weighted by molar-refractivity contribution is 5.62. The van der Waals surface area contributed by atoms with Crippen molar-refractivity contribution in [2.24, 2.45) is 0 Å². The number of hydrogen-bond acceptors (Lipinski definition) is 6. The van der Waals surface area contributed by atoms with Crippen molar-refractivity contribution in [2.45, 2.75) is 19.4 Å². The van der Waals surface area contributed by atoms with E-state index in [1.54, 1.807) is 25.3 Å². The molecule has 0 fully saturated rings. The molecule has 0 bridgehead atoms. The monoisotopic (exact) mass is 288 g/mol. The first-order chi connectivity index (χ1) is 9.83. The second-order valence-corrected chi connectivity index (χ2v) is 5.02. The molecule has 0 saturated heterocycles. The molecule has 0 aliphatic heterocycles. The van der Waals surface area contributed by atoms with Crippen molar-refractivity contribution in [1.82, 2.24) is 9.97 Å². The van der Waals surface area contributed by atoms with Gasteiger partial charge >= 0.3 is 0 Å². The lowest BCUT2D eigenvalue weighted by Gasteiger charge is -2.22. The Morgan fingerprint density at radius 3 is 2.38 bits per heavy atom. The second kappa shape index (κ2) is 5.45. The molecule has 2 rings (SSSR count). The Labute approximate surface area is 121 Å². The van der Waals surface area contributed by atoms with Crippen LogP contribution in [-0.2, 0) is 10.3 Å². The van der Waals surface area contributed by atoms with Gasteiger partial charge in [0.15, 0.2) is 0 Å². The number of rotatable bonds is 4. The minimum Gasteiger partial charge on any atom is -0.373 e. The van der Waals surface area contributed by atoms with Crippen LogP contribution in [0.25, 0.3) is 11.3 Å². The molecule has 0 aliphatic carbocycles. The minimum atomic E-state index is -0.605. The van der Waals surface area contributed by atoms with Gasteiger partial charge in [-0.1, -0.05) is 0 Å². The highest BCUT2D eigenvalue weighted by Crippen LogP contribution is 2.27.